The first kappa shape index (κ1) is 14.4. The van der Waals surface area contributed by atoms with E-state index in [-0.39, 0.29) is 0 Å². The van der Waals surface area contributed by atoms with E-state index >= 15 is 0 Å². The van der Waals surface area contributed by atoms with E-state index in [1.165, 1.54) is 0 Å². The predicted octanol–water partition coefficient (Wildman–Crippen LogP) is 2.48. The topological polar surface area (TPSA) is 47.3 Å². The minimum absolute atomic E-state index is 0.504. The Morgan fingerprint density at radius 2 is 2.24 bits per heavy atom. The zero-order valence-electron chi connectivity index (χ0n) is 10.8. The second kappa shape index (κ2) is 7.61. The molecule has 0 spiro atoms. The average Bonchev–Trinajstić information content (AvgIpc) is 2.73. The zero-order chi connectivity index (χ0) is 12.7. The van der Waals surface area contributed by atoms with E-state index in [2.05, 4.69) is 18.9 Å². The summed E-state index contributed by atoms with van der Waals surface area (Å²) in [5.41, 5.74) is 0.804. The molecule has 0 saturated carbocycles. The van der Waals surface area contributed by atoms with Crippen LogP contribution in [0, 0.1) is 0 Å². The van der Waals surface area contributed by atoms with Gasteiger partial charge < -0.3 is 9.84 Å². The van der Waals surface area contributed by atoms with Crippen LogP contribution in [-0.2, 0) is 6.54 Å². The Balaban J connectivity index is 2.73. The third kappa shape index (κ3) is 3.92. The number of ether oxygens (including phenoxy) is 1. The molecule has 1 rings (SSSR count). The Hall–Kier alpha value is -0.680. The van der Waals surface area contributed by atoms with Gasteiger partial charge in [0, 0.05) is 12.3 Å². The van der Waals surface area contributed by atoms with Crippen molar-refractivity contribution in [3.63, 3.8) is 0 Å². The van der Waals surface area contributed by atoms with E-state index < -0.39 is 6.10 Å². The Morgan fingerprint density at radius 1 is 1.47 bits per heavy atom. The summed E-state index contributed by atoms with van der Waals surface area (Å²) in [6.45, 7) is 5.05. The highest BCUT2D eigenvalue weighted by Crippen LogP contribution is 2.27. The molecule has 0 aliphatic rings. The van der Waals surface area contributed by atoms with Gasteiger partial charge in [0.1, 0.15) is 11.8 Å². The van der Waals surface area contributed by atoms with Crippen LogP contribution < -0.4 is 4.74 Å². The molecular weight excluding hydrogens is 236 g/mol. The molecule has 0 aliphatic carbocycles. The normalized spacial score (nSPS) is 12.7. The fourth-order valence-electron chi connectivity index (χ4n) is 1.68. The average molecular weight is 258 g/mol. The maximum Gasteiger partial charge on any atom is 0.162 e. The lowest BCUT2D eigenvalue weighted by atomic mass is 10.2. The van der Waals surface area contributed by atoms with Gasteiger partial charge >= 0.3 is 0 Å². The van der Waals surface area contributed by atoms with Crippen LogP contribution in [0.3, 0.4) is 0 Å². The Bertz CT molecular complexity index is 328. The van der Waals surface area contributed by atoms with Gasteiger partial charge in [-0.2, -0.15) is 16.9 Å². The van der Waals surface area contributed by atoms with Crippen molar-refractivity contribution in [1.82, 2.24) is 9.78 Å². The minimum atomic E-state index is -0.504. The van der Waals surface area contributed by atoms with Gasteiger partial charge in [-0.1, -0.05) is 13.8 Å². The van der Waals surface area contributed by atoms with Gasteiger partial charge in [0.2, 0.25) is 0 Å². The van der Waals surface area contributed by atoms with Crippen molar-refractivity contribution in [2.45, 2.75) is 39.3 Å². The van der Waals surface area contributed by atoms with Crippen molar-refractivity contribution in [3.05, 3.63) is 11.9 Å². The quantitative estimate of drug-likeness (QED) is 0.728. The molecule has 0 aromatic carbocycles. The molecule has 1 atom stereocenters. The Kier molecular flexibility index (Phi) is 6.44. The summed E-state index contributed by atoms with van der Waals surface area (Å²) in [5.74, 6) is 2.45. The molecule has 1 aromatic heterocycles. The Labute approximate surface area is 107 Å². The second-order valence-electron chi connectivity index (χ2n) is 3.91. The number of aliphatic hydroxyl groups is 1. The summed E-state index contributed by atoms with van der Waals surface area (Å²) in [5, 5.41) is 14.4. The van der Waals surface area contributed by atoms with Gasteiger partial charge in [-0.3, -0.25) is 4.68 Å². The first-order valence-corrected chi connectivity index (χ1v) is 7.25. The number of rotatable bonds is 8. The predicted molar refractivity (Wildman–Crippen MR) is 71.6 cm³/mol. The molecule has 0 aliphatic heterocycles. The van der Waals surface area contributed by atoms with Crippen molar-refractivity contribution in [2.75, 3.05) is 18.6 Å². The standard InChI is InChI=1S/C12H22N2O2S/c1-4-6-14-12(11(16-3)8-13-14)10(15)9-17-7-5-2/h8,10,15H,4-7,9H2,1-3H3. The number of methoxy groups -OCH3 is 1. The van der Waals surface area contributed by atoms with Crippen LogP contribution in [0.1, 0.15) is 38.5 Å². The number of hydrogen-bond donors (Lipinski definition) is 1. The van der Waals surface area contributed by atoms with Crippen molar-refractivity contribution in [2.24, 2.45) is 0 Å². The van der Waals surface area contributed by atoms with Crippen LogP contribution in [0.25, 0.3) is 0 Å². The number of aliphatic hydroxyl groups excluding tert-OH is 1. The van der Waals surface area contributed by atoms with Crippen molar-refractivity contribution in [3.8, 4) is 5.75 Å². The zero-order valence-corrected chi connectivity index (χ0v) is 11.7. The molecule has 5 heteroatoms. The SMILES string of the molecule is CCCSCC(O)c1c(OC)cnn1CCC. The Morgan fingerprint density at radius 3 is 2.82 bits per heavy atom. The van der Waals surface area contributed by atoms with Gasteiger partial charge in [0.25, 0.3) is 0 Å². The van der Waals surface area contributed by atoms with E-state index in [0.29, 0.717) is 11.5 Å². The van der Waals surface area contributed by atoms with E-state index in [1.54, 1.807) is 25.1 Å². The number of hydrogen-bond acceptors (Lipinski definition) is 4. The smallest absolute Gasteiger partial charge is 0.162 e. The number of aryl methyl sites for hydroxylation is 1. The molecule has 4 nitrogen and oxygen atoms in total. The monoisotopic (exact) mass is 258 g/mol. The number of aromatic nitrogens is 2. The summed E-state index contributed by atoms with van der Waals surface area (Å²) in [6, 6.07) is 0. The van der Waals surface area contributed by atoms with E-state index in [4.69, 9.17) is 4.74 Å². The highest BCUT2D eigenvalue weighted by molar-refractivity contribution is 7.99. The van der Waals surface area contributed by atoms with Gasteiger partial charge in [-0.15, -0.1) is 0 Å². The molecule has 0 fully saturated rings. The van der Waals surface area contributed by atoms with Crippen molar-refractivity contribution < 1.29 is 9.84 Å². The third-order valence-corrected chi connectivity index (χ3v) is 3.69. The minimum Gasteiger partial charge on any atom is -0.493 e. The molecule has 17 heavy (non-hydrogen) atoms. The van der Waals surface area contributed by atoms with E-state index in [9.17, 15) is 5.11 Å². The maximum absolute atomic E-state index is 10.2. The highest BCUT2D eigenvalue weighted by atomic mass is 32.2. The highest BCUT2D eigenvalue weighted by Gasteiger charge is 2.19. The van der Waals surface area contributed by atoms with Crippen LogP contribution in [-0.4, -0.2) is 33.5 Å². The van der Waals surface area contributed by atoms with E-state index in [0.717, 1.165) is 30.8 Å². The first-order chi connectivity index (χ1) is 8.24. The molecule has 1 aromatic rings. The lowest BCUT2D eigenvalue weighted by molar-refractivity contribution is 0.186. The second-order valence-corrected chi connectivity index (χ2v) is 5.06. The summed E-state index contributed by atoms with van der Waals surface area (Å²) in [4.78, 5) is 0. The molecule has 0 radical (unpaired) electrons. The van der Waals surface area contributed by atoms with Crippen LogP contribution >= 0.6 is 11.8 Å². The van der Waals surface area contributed by atoms with Gasteiger partial charge in [0.15, 0.2) is 5.75 Å². The van der Waals surface area contributed by atoms with Crippen LogP contribution in [0.5, 0.6) is 5.75 Å². The largest absolute Gasteiger partial charge is 0.493 e. The molecule has 0 saturated heterocycles. The van der Waals surface area contributed by atoms with Gasteiger partial charge in [-0.25, -0.2) is 0 Å². The summed E-state index contributed by atoms with van der Waals surface area (Å²) in [7, 11) is 1.61. The van der Waals surface area contributed by atoms with Crippen LogP contribution in [0.2, 0.25) is 0 Å². The molecule has 1 N–H and O–H groups in total. The fourth-order valence-corrected chi connectivity index (χ4v) is 2.52. The molecule has 1 heterocycles. The number of nitrogens with zero attached hydrogens (tertiary/aromatic N) is 2. The van der Waals surface area contributed by atoms with Crippen molar-refractivity contribution in [1.29, 1.82) is 0 Å². The molecule has 98 valence electrons. The van der Waals surface area contributed by atoms with Gasteiger partial charge in [-0.05, 0) is 18.6 Å². The molecular formula is C12H22N2O2S. The lowest BCUT2D eigenvalue weighted by Crippen LogP contribution is -2.12. The summed E-state index contributed by atoms with van der Waals surface area (Å²) < 4.78 is 7.09. The summed E-state index contributed by atoms with van der Waals surface area (Å²) >= 11 is 1.76. The maximum atomic E-state index is 10.2. The summed E-state index contributed by atoms with van der Waals surface area (Å²) in [6.07, 6.45) is 3.30. The van der Waals surface area contributed by atoms with Crippen molar-refractivity contribution >= 4 is 11.8 Å². The fraction of sp³-hybridized carbons (Fsp3) is 0.750. The lowest BCUT2D eigenvalue weighted by Gasteiger charge is -2.14. The number of thioether (sulfide) groups is 1. The van der Waals surface area contributed by atoms with Gasteiger partial charge in [0.05, 0.1) is 13.3 Å². The van der Waals surface area contributed by atoms with E-state index in [1.807, 2.05) is 4.68 Å². The van der Waals surface area contributed by atoms with Crippen LogP contribution in [0.15, 0.2) is 6.20 Å². The molecule has 0 amide bonds. The third-order valence-electron chi connectivity index (χ3n) is 2.44. The first-order valence-electron chi connectivity index (χ1n) is 6.10. The van der Waals surface area contributed by atoms with Crippen LogP contribution in [0.4, 0.5) is 0 Å². The molecule has 1 unspecified atom stereocenters. The molecule has 0 bridgehead atoms.